The van der Waals surface area contributed by atoms with Gasteiger partial charge >= 0.3 is 6.18 Å². The Morgan fingerprint density at radius 3 is 2.33 bits per heavy atom. The van der Waals surface area contributed by atoms with Crippen LogP contribution in [0.5, 0.6) is 0 Å². The van der Waals surface area contributed by atoms with E-state index in [-0.39, 0.29) is 5.75 Å². The standard InChI is InChI=1S/C16H13F3N4S/c17-16(18,19)8-11-24-15-22-21-14(12-6-9-20-10-7-12)23(15)13-4-2-1-3-5-13/h1-7,9-10H,8,11H2. The molecule has 124 valence electrons. The Labute approximate surface area is 140 Å². The fourth-order valence-electron chi connectivity index (χ4n) is 2.12. The van der Waals surface area contributed by atoms with Gasteiger partial charge in [0.05, 0.1) is 6.42 Å². The maximum absolute atomic E-state index is 12.4. The highest BCUT2D eigenvalue weighted by Gasteiger charge is 2.27. The second-order valence-corrected chi connectivity index (χ2v) is 5.99. The van der Waals surface area contributed by atoms with Crippen molar-refractivity contribution in [2.75, 3.05) is 5.75 Å². The molecule has 0 spiro atoms. The van der Waals surface area contributed by atoms with E-state index in [9.17, 15) is 13.2 Å². The number of pyridine rings is 1. The van der Waals surface area contributed by atoms with Gasteiger partial charge in [-0.05, 0) is 24.3 Å². The summed E-state index contributed by atoms with van der Waals surface area (Å²) in [6.45, 7) is 0. The third-order valence-electron chi connectivity index (χ3n) is 3.20. The summed E-state index contributed by atoms with van der Waals surface area (Å²) in [4.78, 5) is 3.97. The molecule has 0 N–H and O–H groups in total. The van der Waals surface area contributed by atoms with Crippen LogP contribution >= 0.6 is 11.8 Å². The van der Waals surface area contributed by atoms with E-state index >= 15 is 0 Å². The Bertz CT molecular complexity index is 788. The minimum Gasteiger partial charge on any atom is -0.270 e. The van der Waals surface area contributed by atoms with Gasteiger partial charge in [-0.2, -0.15) is 13.2 Å². The van der Waals surface area contributed by atoms with Crippen LogP contribution < -0.4 is 0 Å². The van der Waals surface area contributed by atoms with E-state index in [1.54, 1.807) is 29.1 Å². The van der Waals surface area contributed by atoms with Crippen LogP contribution in [0.2, 0.25) is 0 Å². The van der Waals surface area contributed by atoms with Gasteiger partial charge in [0.25, 0.3) is 0 Å². The Balaban J connectivity index is 1.96. The van der Waals surface area contributed by atoms with Gasteiger partial charge < -0.3 is 0 Å². The quantitative estimate of drug-likeness (QED) is 0.641. The average Bonchev–Trinajstić information content (AvgIpc) is 2.99. The summed E-state index contributed by atoms with van der Waals surface area (Å²) in [6, 6.07) is 12.9. The molecule has 2 heterocycles. The Morgan fingerprint density at radius 2 is 1.67 bits per heavy atom. The van der Waals surface area contributed by atoms with Gasteiger partial charge in [0.2, 0.25) is 0 Å². The lowest BCUT2D eigenvalue weighted by Gasteiger charge is -2.10. The highest BCUT2D eigenvalue weighted by atomic mass is 32.2. The molecule has 0 saturated heterocycles. The van der Waals surface area contributed by atoms with Crippen LogP contribution in [0.1, 0.15) is 6.42 Å². The first kappa shape index (κ1) is 16.5. The van der Waals surface area contributed by atoms with E-state index in [1.165, 1.54) is 0 Å². The zero-order chi connectivity index (χ0) is 17.0. The molecule has 0 amide bonds. The number of alkyl halides is 3. The molecule has 3 rings (SSSR count). The predicted octanol–water partition coefficient (Wildman–Crippen LogP) is 4.37. The van der Waals surface area contributed by atoms with Gasteiger partial charge in [-0.25, -0.2) is 0 Å². The summed E-state index contributed by atoms with van der Waals surface area (Å²) < 4.78 is 38.9. The van der Waals surface area contributed by atoms with Crippen LogP contribution in [0.4, 0.5) is 13.2 Å². The van der Waals surface area contributed by atoms with E-state index in [1.807, 2.05) is 30.3 Å². The molecule has 0 aliphatic rings. The summed E-state index contributed by atoms with van der Waals surface area (Å²) in [7, 11) is 0. The van der Waals surface area contributed by atoms with Gasteiger partial charge in [-0.15, -0.1) is 10.2 Å². The summed E-state index contributed by atoms with van der Waals surface area (Å²) in [5.74, 6) is 0.461. The number of para-hydroxylation sites is 1. The molecule has 24 heavy (non-hydrogen) atoms. The zero-order valence-corrected chi connectivity index (χ0v) is 13.3. The number of hydrogen-bond donors (Lipinski definition) is 0. The van der Waals surface area contributed by atoms with Crippen LogP contribution in [0.3, 0.4) is 0 Å². The first-order valence-electron chi connectivity index (χ1n) is 7.15. The zero-order valence-electron chi connectivity index (χ0n) is 12.4. The number of benzene rings is 1. The molecule has 0 saturated carbocycles. The van der Waals surface area contributed by atoms with Crippen LogP contribution in [0, 0.1) is 0 Å². The SMILES string of the molecule is FC(F)(F)CCSc1nnc(-c2ccncc2)n1-c1ccccc1. The fourth-order valence-corrected chi connectivity index (χ4v) is 3.05. The lowest BCUT2D eigenvalue weighted by Crippen LogP contribution is -2.08. The second kappa shape index (κ2) is 7.04. The Hall–Kier alpha value is -2.35. The minimum atomic E-state index is -4.18. The molecular weight excluding hydrogens is 337 g/mol. The molecule has 0 fully saturated rings. The lowest BCUT2D eigenvalue weighted by atomic mass is 10.2. The van der Waals surface area contributed by atoms with Crippen molar-refractivity contribution in [3.8, 4) is 17.1 Å². The monoisotopic (exact) mass is 350 g/mol. The molecule has 0 aliphatic heterocycles. The van der Waals surface area contributed by atoms with Crippen molar-refractivity contribution < 1.29 is 13.2 Å². The summed E-state index contributed by atoms with van der Waals surface area (Å²) >= 11 is 1.04. The minimum absolute atomic E-state index is 0.106. The van der Waals surface area contributed by atoms with Gasteiger partial charge in [-0.1, -0.05) is 30.0 Å². The second-order valence-electron chi connectivity index (χ2n) is 4.93. The summed E-state index contributed by atoms with van der Waals surface area (Å²) in [5.41, 5.74) is 1.59. The molecular formula is C16H13F3N4S. The number of thioether (sulfide) groups is 1. The topological polar surface area (TPSA) is 43.6 Å². The normalized spacial score (nSPS) is 11.6. The number of nitrogens with zero attached hydrogens (tertiary/aromatic N) is 4. The van der Waals surface area contributed by atoms with E-state index in [0.29, 0.717) is 11.0 Å². The third-order valence-corrected chi connectivity index (χ3v) is 4.13. The van der Waals surface area contributed by atoms with Crippen molar-refractivity contribution in [3.63, 3.8) is 0 Å². The molecule has 0 unspecified atom stereocenters. The van der Waals surface area contributed by atoms with Gasteiger partial charge in [0.15, 0.2) is 11.0 Å². The molecule has 3 aromatic rings. The molecule has 0 radical (unpaired) electrons. The van der Waals surface area contributed by atoms with Crippen molar-refractivity contribution in [2.45, 2.75) is 17.8 Å². The van der Waals surface area contributed by atoms with Crippen molar-refractivity contribution in [2.24, 2.45) is 0 Å². The van der Waals surface area contributed by atoms with Crippen LogP contribution in [0.15, 0.2) is 60.0 Å². The van der Waals surface area contributed by atoms with E-state index in [0.717, 1.165) is 23.0 Å². The maximum atomic E-state index is 12.4. The van der Waals surface area contributed by atoms with Crippen molar-refractivity contribution in [3.05, 3.63) is 54.9 Å². The molecule has 0 aliphatic carbocycles. The van der Waals surface area contributed by atoms with E-state index < -0.39 is 12.6 Å². The molecule has 0 bridgehead atoms. The van der Waals surface area contributed by atoms with Crippen LogP contribution in [-0.2, 0) is 0 Å². The van der Waals surface area contributed by atoms with Gasteiger partial charge in [-0.3, -0.25) is 9.55 Å². The smallest absolute Gasteiger partial charge is 0.270 e. The van der Waals surface area contributed by atoms with Crippen LogP contribution in [-0.4, -0.2) is 31.7 Å². The molecule has 0 atom stereocenters. The number of aromatic nitrogens is 4. The Morgan fingerprint density at radius 1 is 0.958 bits per heavy atom. The van der Waals surface area contributed by atoms with E-state index in [2.05, 4.69) is 15.2 Å². The van der Waals surface area contributed by atoms with Crippen LogP contribution in [0.25, 0.3) is 17.1 Å². The highest BCUT2D eigenvalue weighted by Crippen LogP contribution is 2.30. The molecule has 2 aromatic heterocycles. The first-order chi connectivity index (χ1) is 11.5. The number of halogens is 3. The molecule has 1 aromatic carbocycles. The van der Waals surface area contributed by atoms with Crippen molar-refractivity contribution >= 4 is 11.8 Å². The molecule has 8 heteroatoms. The fraction of sp³-hybridized carbons (Fsp3) is 0.188. The summed E-state index contributed by atoms with van der Waals surface area (Å²) in [5, 5.41) is 8.67. The van der Waals surface area contributed by atoms with Crippen molar-refractivity contribution in [1.29, 1.82) is 0 Å². The highest BCUT2D eigenvalue weighted by molar-refractivity contribution is 7.99. The first-order valence-corrected chi connectivity index (χ1v) is 8.14. The predicted molar refractivity (Wildman–Crippen MR) is 86.0 cm³/mol. The van der Waals surface area contributed by atoms with E-state index in [4.69, 9.17) is 0 Å². The number of rotatable bonds is 5. The Kier molecular flexibility index (Phi) is 4.84. The average molecular weight is 350 g/mol. The third kappa shape index (κ3) is 3.94. The maximum Gasteiger partial charge on any atom is 0.389 e. The number of hydrogen-bond acceptors (Lipinski definition) is 4. The lowest BCUT2D eigenvalue weighted by molar-refractivity contribution is -0.129. The largest absolute Gasteiger partial charge is 0.389 e. The van der Waals surface area contributed by atoms with Gasteiger partial charge in [0.1, 0.15) is 0 Å². The molecule has 4 nitrogen and oxygen atoms in total. The van der Waals surface area contributed by atoms with Crippen molar-refractivity contribution in [1.82, 2.24) is 19.7 Å². The summed E-state index contributed by atoms with van der Waals surface area (Å²) in [6.07, 6.45) is -1.78. The van der Waals surface area contributed by atoms with Gasteiger partial charge in [0, 0.05) is 29.4 Å².